The van der Waals surface area contributed by atoms with E-state index in [-0.39, 0.29) is 36.1 Å². The first-order valence-corrected chi connectivity index (χ1v) is 7.84. The van der Waals surface area contributed by atoms with Gasteiger partial charge in [-0.05, 0) is 24.3 Å². The van der Waals surface area contributed by atoms with Gasteiger partial charge in [-0.1, -0.05) is 18.2 Å². The van der Waals surface area contributed by atoms with E-state index < -0.39 is 0 Å². The molecule has 2 atom stereocenters. The van der Waals surface area contributed by atoms with Gasteiger partial charge in [0.1, 0.15) is 6.54 Å². The van der Waals surface area contributed by atoms with Crippen LogP contribution in [0.25, 0.3) is 0 Å². The Bertz CT molecular complexity index is 568. The van der Waals surface area contributed by atoms with Gasteiger partial charge < -0.3 is 5.32 Å². The van der Waals surface area contributed by atoms with Crippen molar-refractivity contribution >= 4 is 29.1 Å². The molecule has 110 valence electrons. The van der Waals surface area contributed by atoms with Crippen LogP contribution in [-0.4, -0.2) is 29.2 Å². The molecule has 6 heteroatoms. The standard InChI is InChI=1S/C15H16N2O3S/c18-13(16-8-10-4-3-7-21-10)9-17-14(19)11-5-1-2-6-12(11)15(17)20/h1-4,7,11-12H,5-6,8-9H2,(H,16,18)/t11-,12-/m1/s1. The van der Waals surface area contributed by atoms with Gasteiger partial charge in [0.15, 0.2) is 0 Å². The van der Waals surface area contributed by atoms with E-state index >= 15 is 0 Å². The number of imide groups is 1. The second kappa shape index (κ2) is 5.81. The van der Waals surface area contributed by atoms with Gasteiger partial charge in [0.25, 0.3) is 0 Å². The summed E-state index contributed by atoms with van der Waals surface area (Å²) in [5.41, 5.74) is 0. The number of hydrogen-bond donors (Lipinski definition) is 1. The molecule has 1 N–H and O–H groups in total. The molecule has 1 aromatic heterocycles. The zero-order valence-electron chi connectivity index (χ0n) is 11.5. The fourth-order valence-electron chi connectivity index (χ4n) is 2.82. The third-order valence-corrected chi connectivity index (χ3v) is 4.82. The van der Waals surface area contributed by atoms with E-state index in [0.717, 1.165) is 9.78 Å². The molecule has 5 nitrogen and oxygen atoms in total. The van der Waals surface area contributed by atoms with E-state index in [1.54, 1.807) is 11.3 Å². The second-order valence-corrected chi connectivity index (χ2v) is 6.31. The lowest BCUT2D eigenvalue weighted by Gasteiger charge is -2.14. The molecule has 2 heterocycles. The number of hydrogen-bond acceptors (Lipinski definition) is 4. The molecule has 1 aliphatic heterocycles. The zero-order valence-corrected chi connectivity index (χ0v) is 12.3. The topological polar surface area (TPSA) is 66.5 Å². The van der Waals surface area contributed by atoms with Crippen molar-refractivity contribution in [3.8, 4) is 0 Å². The fraction of sp³-hybridized carbons (Fsp3) is 0.400. The molecule has 0 spiro atoms. The smallest absolute Gasteiger partial charge is 0.240 e. The number of amides is 3. The SMILES string of the molecule is O=C(CN1C(=O)[C@@H]2CC=CC[C@H]2C1=O)NCc1cccs1. The first-order chi connectivity index (χ1) is 10.2. The molecular formula is C15H16N2O3S. The molecule has 1 aromatic rings. The largest absolute Gasteiger partial charge is 0.350 e. The predicted molar refractivity (Wildman–Crippen MR) is 78.2 cm³/mol. The summed E-state index contributed by atoms with van der Waals surface area (Å²) in [5.74, 6) is -1.25. The van der Waals surface area contributed by atoms with Crippen molar-refractivity contribution in [2.75, 3.05) is 6.54 Å². The lowest BCUT2D eigenvalue weighted by Crippen LogP contribution is -2.40. The number of rotatable bonds is 4. The molecule has 0 radical (unpaired) electrons. The maximum Gasteiger partial charge on any atom is 0.240 e. The summed E-state index contributed by atoms with van der Waals surface area (Å²) < 4.78 is 0. The summed E-state index contributed by atoms with van der Waals surface area (Å²) in [6.45, 7) is 0.261. The zero-order chi connectivity index (χ0) is 14.8. The fourth-order valence-corrected chi connectivity index (χ4v) is 3.47. The molecule has 3 rings (SSSR count). The van der Waals surface area contributed by atoms with Crippen LogP contribution in [0.15, 0.2) is 29.7 Å². The Hall–Kier alpha value is -1.95. The normalized spacial score (nSPS) is 24.3. The highest BCUT2D eigenvalue weighted by atomic mass is 32.1. The van der Waals surface area contributed by atoms with Crippen molar-refractivity contribution in [2.24, 2.45) is 11.8 Å². The number of carbonyl (C=O) groups excluding carboxylic acids is 3. The molecule has 1 aliphatic carbocycles. The molecule has 0 unspecified atom stereocenters. The molecule has 0 bridgehead atoms. The van der Waals surface area contributed by atoms with E-state index in [1.807, 2.05) is 29.7 Å². The molecule has 0 saturated carbocycles. The Kier molecular flexibility index (Phi) is 3.88. The van der Waals surface area contributed by atoms with Crippen LogP contribution in [0.1, 0.15) is 17.7 Å². The van der Waals surface area contributed by atoms with Crippen molar-refractivity contribution in [2.45, 2.75) is 19.4 Å². The van der Waals surface area contributed by atoms with Crippen molar-refractivity contribution in [1.29, 1.82) is 0 Å². The molecule has 2 aliphatic rings. The van der Waals surface area contributed by atoms with E-state index in [9.17, 15) is 14.4 Å². The van der Waals surface area contributed by atoms with Gasteiger partial charge in [0, 0.05) is 4.88 Å². The van der Waals surface area contributed by atoms with Gasteiger partial charge in [0.2, 0.25) is 17.7 Å². The predicted octanol–water partition coefficient (Wildman–Crippen LogP) is 1.32. The van der Waals surface area contributed by atoms with Crippen LogP contribution < -0.4 is 5.32 Å². The van der Waals surface area contributed by atoms with Gasteiger partial charge in [-0.2, -0.15) is 0 Å². The first-order valence-electron chi connectivity index (χ1n) is 6.96. The summed E-state index contributed by atoms with van der Waals surface area (Å²) in [6.07, 6.45) is 5.07. The van der Waals surface area contributed by atoms with Crippen molar-refractivity contribution in [3.63, 3.8) is 0 Å². The van der Waals surface area contributed by atoms with Crippen molar-refractivity contribution in [1.82, 2.24) is 10.2 Å². The molecular weight excluding hydrogens is 288 g/mol. The maximum atomic E-state index is 12.2. The summed E-state index contributed by atoms with van der Waals surface area (Å²) in [5, 5.41) is 4.68. The van der Waals surface area contributed by atoms with Crippen LogP contribution in [0.2, 0.25) is 0 Å². The third kappa shape index (κ3) is 2.76. The minimum atomic E-state index is -0.295. The summed E-state index contributed by atoms with van der Waals surface area (Å²) in [4.78, 5) is 38.5. The number of nitrogens with one attached hydrogen (secondary N) is 1. The quantitative estimate of drug-likeness (QED) is 0.674. The molecule has 21 heavy (non-hydrogen) atoms. The average molecular weight is 304 g/mol. The van der Waals surface area contributed by atoms with E-state index in [0.29, 0.717) is 19.4 Å². The van der Waals surface area contributed by atoms with Crippen LogP contribution in [0.3, 0.4) is 0 Å². The summed E-state index contributed by atoms with van der Waals surface area (Å²) in [6, 6.07) is 3.84. The molecule has 0 aromatic carbocycles. The first kappa shape index (κ1) is 14.0. The van der Waals surface area contributed by atoms with Gasteiger partial charge in [-0.25, -0.2) is 0 Å². The minimum Gasteiger partial charge on any atom is -0.350 e. The number of nitrogens with zero attached hydrogens (tertiary/aromatic N) is 1. The second-order valence-electron chi connectivity index (χ2n) is 5.27. The van der Waals surface area contributed by atoms with Gasteiger partial charge >= 0.3 is 0 Å². The monoisotopic (exact) mass is 304 g/mol. The van der Waals surface area contributed by atoms with E-state index in [2.05, 4.69) is 5.32 Å². The Morgan fingerprint density at radius 3 is 2.48 bits per heavy atom. The number of carbonyl (C=O) groups is 3. The van der Waals surface area contributed by atoms with Crippen LogP contribution >= 0.6 is 11.3 Å². The molecule has 1 fully saturated rings. The number of fused-ring (bicyclic) bond motifs is 1. The summed E-state index contributed by atoms with van der Waals surface area (Å²) in [7, 11) is 0. The molecule has 3 amide bonds. The Morgan fingerprint density at radius 2 is 1.90 bits per heavy atom. The van der Waals surface area contributed by atoms with Gasteiger partial charge in [-0.15, -0.1) is 11.3 Å². The van der Waals surface area contributed by atoms with Crippen LogP contribution in [0.5, 0.6) is 0 Å². The van der Waals surface area contributed by atoms with Crippen molar-refractivity contribution in [3.05, 3.63) is 34.5 Å². The van der Waals surface area contributed by atoms with Gasteiger partial charge in [-0.3, -0.25) is 19.3 Å². The summed E-state index contributed by atoms with van der Waals surface area (Å²) >= 11 is 1.55. The van der Waals surface area contributed by atoms with Crippen LogP contribution in [0.4, 0.5) is 0 Å². The molecule has 1 saturated heterocycles. The van der Waals surface area contributed by atoms with E-state index in [1.165, 1.54) is 0 Å². The number of allylic oxidation sites excluding steroid dienone is 2. The Labute approximate surface area is 126 Å². The highest BCUT2D eigenvalue weighted by Gasteiger charge is 2.47. The lowest BCUT2D eigenvalue weighted by atomic mass is 9.85. The highest BCUT2D eigenvalue weighted by Crippen LogP contribution is 2.34. The third-order valence-electron chi connectivity index (χ3n) is 3.94. The average Bonchev–Trinajstić information content (AvgIpc) is 3.09. The van der Waals surface area contributed by atoms with E-state index in [4.69, 9.17) is 0 Å². The van der Waals surface area contributed by atoms with Crippen molar-refractivity contribution < 1.29 is 14.4 Å². The number of thiophene rings is 1. The van der Waals surface area contributed by atoms with Crippen LogP contribution in [-0.2, 0) is 20.9 Å². The Balaban J connectivity index is 1.58. The number of likely N-dealkylation sites (tertiary alicyclic amines) is 1. The van der Waals surface area contributed by atoms with Gasteiger partial charge in [0.05, 0.1) is 18.4 Å². The van der Waals surface area contributed by atoms with Crippen LogP contribution in [0, 0.1) is 11.8 Å². The highest BCUT2D eigenvalue weighted by molar-refractivity contribution is 7.09. The minimum absolute atomic E-state index is 0.171. The lowest BCUT2D eigenvalue weighted by molar-refractivity contribution is -0.143. The maximum absolute atomic E-state index is 12.2. The Morgan fingerprint density at radius 1 is 1.24 bits per heavy atom.